The van der Waals surface area contributed by atoms with Crippen LogP contribution in [0.15, 0.2) is 30.3 Å². The molecule has 3 rings (SSSR count). The Kier molecular flexibility index (Phi) is 17.8. The van der Waals surface area contributed by atoms with E-state index in [0.717, 1.165) is 37.7 Å². The van der Waals surface area contributed by atoms with Gasteiger partial charge in [-0.2, -0.15) is 0 Å². The molecule has 11 heteroatoms. The third kappa shape index (κ3) is 11.7. The van der Waals surface area contributed by atoms with Crippen LogP contribution in [0.1, 0.15) is 98.0 Å². The molecule has 1 aliphatic carbocycles. The number of carbonyl (C=O) groups excluding carboxylic acids is 4. The van der Waals surface area contributed by atoms with Crippen molar-refractivity contribution in [3.8, 4) is 0 Å². The van der Waals surface area contributed by atoms with Gasteiger partial charge < -0.3 is 24.4 Å². The summed E-state index contributed by atoms with van der Waals surface area (Å²) in [5.74, 6) is -3.17. The molecule has 1 saturated carbocycles. The molecule has 11 nitrogen and oxygen atoms in total. The topological polar surface area (TPSA) is 134 Å². The quantitative estimate of drug-likeness (QED) is 0.157. The van der Waals surface area contributed by atoms with Gasteiger partial charge in [0.15, 0.2) is 5.78 Å². The zero-order chi connectivity index (χ0) is 40.3. The summed E-state index contributed by atoms with van der Waals surface area (Å²) in [7, 11) is 8.75. The summed E-state index contributed by atoms with van der Waals surface area (Å²) in [5.41, 5.74) is 0.856. The number of carboxylic acid groups (broad SMARTS) is 1. The molecule has 0 spiro atoms. The molecule has 0 unspecified atom stereocenters. The van der Waals surface area contributed by atoms with Gasteiger partial charge in [0.05, 0.1) is 42.7 Å². The molecule has 1 heterocycles. The van der Waals surface area contributed by atoms with E-state index in [4.69, 9.17) is 9.47 Å². The Morgan fingerprint density at radius 3 is 1.96 bits per heavy atom. The number of hydrogen-bond donors (Lipinski definition) is 1. The molecule has 304 valence electrons. The number of methoxy groups -OCH3 is 2. The summed E-state index contributed by atoms with van der Waals surface area (Å²) in [6, 6.07) is 8.30. The van der Waals surface area contributed by atoms with E-state index in [1.54, 1.807) is 30.9 Å². The normalized spacial score (nSPS) is 20.5. The zero-order valence-electron chi connectivity index (χ0n) is 34.7. The molecule has 0 bridgehead atoms. The number of benzene rings is 1. The maximum Gasteiger partial charge on any atom is 0.307 e. The smallest absolute Gasteiger partial charge is 0.307 e. The highest BCUT2D eigenvalue weighted by molar-refractivity contribution is 5.90. The van der Waals surface area contributed by atoms with Crippen molar-refractivity contribution in [3.05, 3.63) is 35.9 Å². The number of aliphatic carboxylic acids is 1. The molecule has 2 aliphatic rings. The van der Waals surface area contributed by atoms with Crippen LogP contribution in [0, 0.1) is 35.5 Å². The van der Waals surface area contributed by atoms with Gasteiger partial charge in [0, 0.05) is 52.5 Å². The van der Waals surface area contributed by atoms with Crippen LogP contribution < -0.4 is 0 Å². The molecule has 54 heavy (non-hydrogen) atoms. The lowest BCUT2D eigenvalue weighted by Crippen LogP contribution is -2.54. The molecule has 1 aliphatic heterocycles. The monoisotopic (exact) mass is 756 g/mol. The fourth-order valence-corrected chi connectivity index (χ4v) is 9.31. The second kappa shape index (κ2) is 21.2. The van der Waals surface area contributed by atoms with E-state index in [1.807, 2.05) is 84.1 Å². The van der Waals surface area contributed by atoms with Gasteiger partial charge in [-0.25, -0.2) is 0 Å². The Hall–Kier alpha value is -3.15. The van der Waals surface area contributed by atoms with Crippen LogP contribution in [0.25, 0.3) is 0 Å². The van der Waals surface area contributed by atoms with Gasteiger partial charge in [0.2, 0.25) is 11.8 Å². The number of rotatable bonds is 22. The predicted octanol–water partition coefficient (Wildman–Crippen LogP) is 5.77. The van der Waals surface area contributed by atoms with E-state index in [-0.39, 0.29) is 84.9 Å². The van der Waals surface area contributed by atoms with Crippen molar-refractivity contribution in [1.29, 1.82) is 0 Å². The minimum absolute atomic E-state index is 0.0569. The molecule has 8 atom stereocenters. The number of nitrogens with zero attached hydrogens (tertiary/aromatic N) is 3. The van der Waals surface area contributed by atoms with E-state index in [1.165, 1.54) is 0 Å². The third-order valence-electron chi connectivity index (χ3n) is 12.2. The van der Waals surface area contributed by atoms with Gasteiger partial charge in [-0.15, -0.1) is 0 Å². The Morgan fingerprint density at radius 1 is 0.815 bits per heavy atom. The van der Waals surface area contributed by atoms with Crippen molar-refractivity contribution < 1.29 is 38.6 Å². The van der Waals surface area contributed by atoms with E-state index in [9.17, 15) is 29.1 Å². The number of carboxylic acids is 1. The molecule has 2 amide bonds. The molecular formula is C43H69N3O8. The number of ether oxygens (including phenoxy) is 2. The van der Waals surface area contributed by atoms with Crippen molar-refractivity contribution in [1.82, 2.24) is 14.7 Å². The lowest BCUT2D eigenvalue weighted by atomic mass is 9.83. The molecule has 1 aromatic rings. The number of likely N-dealkylation sites (N-methyl/N-ethyl adjacent to an activating group) is 2. The largest absolute Gasteiger partial charge is 0.481 e. The highest BCUT2D eigenvalue weighted by Gasteiger charge is 2.44. The summed E-state index contributed by atoms with van der Waals surface area (Å²) < 4.78 is 12.1. The van der Waals surface area contributed by atoms with Crippen LogP contribution in [0.5, 0.6) is 0 Å². The van der Waals surface area contributed by atoms with Gasteiger partial charge in [-0.05, 0) is 69.5 Å². The van der Waals surface area contributed by atoms with Crippen LogP contribution in [0.3, 0.4) is 0 Å². The van der Waals surface area contributed by atoms with Crippen LogP contribution >= 0.6 is 0 Å². The van der Waals surface area contributed by atoms with Crippen molar-refractivity contribution >= 4 is 29.4 Å². The minimum Gasteiger partial charge on any atom is -0.481 e. The lowest BCUT2D eigenvalue weighted by Gasteiger charge is -2.41. The van der Waals surface area contributed by atoms with Gasteiger partial charge in [0.25, 0.3) is 0 Å². The molecule has 1 aromatic carbocycles. The molecular weight excluding hydrogens is 686 g/mol. The second-order valence-corrected chi connectivity index (χ2v) is 16.8. The molecule has 0 radical (unpaired) electrons. The van der Waals surface area contributed by atoms with Crippen molar-refractivity contribution in [2.24, 2.45) is 35.5 Å². The number of Topliss-reactive ketones (excluding diaryl/α,β-unsaturated/α-hetero) is 2. The molecule has 0 aromatic heterocycles. The van der Waals surface area contributed by atoms with Crippen molar-refractivity contribution in [2.45, 2.75) is 129 Å². The van der Waals surface area contributed by atoms with E-state index in [0.29, 0.717) is 13.0 Å². The molecule has 1 N–H and O–H groups in total. The summed E-state index contributed by atoms with van der Waals surface area (Å²) in [6.45, 7) is 10.3. The van der Waals surface area contributed by atoms with E-state index in [2.05, 4.69) is 0 Å². The second-order valence-electron chi connectivity index (χ2n) is 16.8. The Labute approximate surface area is 324 Å². The van der Waals surface area contributed by atoms with Gasteiger partial charge in [-0.3, -0.25) is 28.9 Å². The number of ketones is 2. The summed E-state index contributed by atoms with van der Waals surface area (Å²) >= 11 is 0. The predicted molar refractivity (Wildman–Crippen MR) is 210 cm³/mol. The average Bonchev–Trinajstić information content (AvgIpc) is 3.83. The van der Waals surface area contributed by atoms with Crippen molar-refractivity contribution in [3.63, 3.8) is 0 Å². The van der Waals surface area contributed by atoms with Gasteiger partial charge >= 0.3 is 5.97 Å². The summed E-state index contributed by atoms with van der Waals surface area (Å²) in [5, 5.41) is 9.96. The van der Waals surface area contributed by atoms with Gasteiger partial charge in [-0.1, -0.05) is 77.8 Å². The number of likely N-dealkylation sites (tertiary alicyclic amines) is 1. The first-order valence-corrected chi connectivity index (χ1v) is 20.1. The van der Waals surface area contributed by atoms with Crippen LogP contribution in [0.2, 0.25) is 0 Å². The highest BCUT2D eigenvalue weighted by Crippen LogP contribution is 2.36. The first-order valence-electron chi connectivity index (χ1n) is 20.1. The minimum atomic E-state index is -1.02. The summed E-state index contributed by atoms with van der Waals surface area (Å²) in [4.78, 5) is 73.6. The highest BCUT2D eigenvalue weighted by atomic mass is 16.5. The Balaban J connectivity index is 1.79. The maximum atomic E-state index is 14.4. The molecule has 1 saturated heterocycles. The number of carbonyl (C=O) groups is 5. The standard InChI is InChI=1S/C43H69N3O8/c1-27(2)33(25-36(48)39(28(3)4)44(6)7)42(50)45(8)40(31-19-14-15-20-31)37(53-9)26-38(49)46-22-16-21-34(46)41(54-10)29(5)35(47)24-32(43(51)52)23-30-17-12-11-13-18-30/h11-13,17-18,27-29,31-34,37,39-41H,14-16,19-26H2,1-10H3,(H,51,52)/t29-,32+,33-,34-,37+,39-,40-,41+/m0/s1. The van der Waals surface area contributed by atoms with Crippen LogP contribution in [-0.2, 0) is 39.9 Å². The SMILES string of the molecule is CO[C@H]([C@@H](C)C(=O)C[C@@H](Cc1ccccc1)C(=O)O)[C@@H]1CCCN1C(=O)C[C@@H](OC)[C@H](C1CCCC1)N(C)C(=O)[C@@H](CC(=O)[C@H](C(C)C)N(C)C)C(C)C. The first kappa shape index (κ1) is 45.2. The first-order chi connectivity index (χ1) is 25.5. The number of hydrogen-bond acceptors (Lipinski definition) is 8. The zero-order valence-corrected chi connectivity index (χ0v) is 34.7. The fraction of sp³-hybridized carbons (Fsp3) is 0.744. The lowest BCUT2D eigenvalue weighted by molar-refractivity contribution is -0.149. The van der Waals surface area contributed by atoms with Crippen LogP contribution in [0.4, 0.5) is 0 Å². The molecule has 2 fully saturated rings. The third-order valence-corrected chi connectivity index (χ3v) is 12.2. The Morgan fingerprint density at radius 2 is 1.44 bits per heavy atom. The van der Waals surface area contributed by atoms with Gasteiger partial charge in [0.1, 0.15) is 5.78 Å². The Bertz CT molecular complexity index is 1370. The number of amides is 2. The van der Waals surface area contributed by atoms with Crippen molar-refractivity contribution in [2.75, 3.05) is 41.9 Å². The van der Waals surface area contributed by atoms with Crippen LogP contribution in [-0.4, -0.2) is 121 Å². The van der Waals surface area contributed by atoms with E-state index >= 15 is 0 Å². The average molecular weight is 756 g/mol. The summed E-state index contributed by atoms with van der Waals surface area (Å²) in [6.07, 6.45) is 4.51. The fourth-order valence-electron chi connectivity index (χ4n) is 9.31. The maximum absolute atomic E-state index is 14.4. The van der Waals surface area contributed by atoms with E-state index < -0.39 is 35.9 Å².